The van der Waals surface area contributed by atoms with Crippen LogP contribution in [0.4, 0.5) is 0 Å². The van der Waals surface area contributed by atoms with Crippen molar-refractivity contribution in [1.82, 2.24) is 10.2 Å². The monoisotopic (exact) mass is 436 g/mol. The molecule has 2 amide bonds. The van der Waals surface area contributed by atoms with Gasteiger partial charge in [-0.05, 0) is 39.0 Å². The Bertz CT molecular complexity index is 650. The summed E-state index contributed by atoms with van der Waals surface area (Å²) in [7, 11) is 0. The molecule has 1 saturated heterocycles. The second-order valence-corrected chi connectivity index (χ2v) is 8.94. The van der Waals surface area contributed by atoms with Crippen molar-refractivity contribution in [2.45, 2.75) is 78.3 Å². The van der Waals surface area contributed by atoms with Gasteiger partial charge >= 0.3 is 5.97 Å². The van der Waals surface area contributed by atoms with Crippen LogP contribution in [0.15, 0.2) is 12.2 Å². The van der Waals surface area contributed by atoms with Crippen LogP contribution in [0.25, 0.3) is 0 Å². The lowest BCUT2D eigenvalue weighted by atomic mass is 9.70. The van der Waals surface area contributed by atoms with Crippen LogP contribution in [0.2, 0.25) is 0 Å². The fraction of sp³-hybridized carbons (Fsp3) is 0.792. The topological polar surface area (TPSA) is 95.9 Å². The summed E-state index contributed by atoms with van der Waals surface area (Å²) in [6.07, 6.45) is 9.03. The van der Waals surface area contributed by atoms with Crippen molar-refractivity contribution in [1.29, 1.82) is 0 Å². The van der Waals surface area contributed by atoms with E-state index in [2.05, 4.69) is 12.2 Å². The van der Waals surface area contributed by atoms with Crippen LogP contribution in [0, 0.1) is 23.7 Å². The Morgan fingerprint density at radius 1 is 1.19 bits per heavy atom. The molecule has 176 valence electrons. The number of carbonyl (C=O) groups is 3. The van der Waals surface area contributed by atoms with Crippen LogP contribution in [-0.4, -0.2) is 59.6 Å². The van der Waals surface area contributed by atoms with Crippen LogP contribution >= 0.6 is 0 Å². The highest BCUT2D eigenvalue weighted by atomic mass is 16.5. The minimum absolute atomic E-state index is 0.0328. The van der Waals surface area contributed by atoms with E-state index in [-0.39, 0.29) is 48.9 Å². The maximum atomic E-state index is 13.5. The SMILES string of the molecule is CCCC(C)NC(=O)[C@@H]1[C@H]2C=C[C@@H](C)[C@@H](C(=O)OCC)[C@H]2C(=O)N1CCCCCCO. The van der Waals surface area contributed by atoms with Gasteiger partial charge in [-0.15, -0.1) is 0 Å². The van der Waals surface area contributed by atoms with Gasteiger partial charge in [0.2, 0.25) is 11.8 Å². The molecule has 31 heavy (non-hydrogen) atoms. The number of esters is 1. The molecule has 7 heteroatoms. The minimum atomic E-state index is -0.602. The van der Waals surface area contributed by atoms with E-state index in [1.165, 1.54) is 0 Å². The van der Waals surface area contributed by atoms with Crippen molar-refractivity contribution in [2.75, 3.05) is 19.8 Å². The summed E-state index contributed by atoms with van der Waals surface area (Å²) in [5.74, 6) is -2.19. The van der Waals surface area contributed by atoms with Crippen molar-refractivity contribution >= 4 is 17.8 Å². The number of nitrogens with zero attached hydrogens (tertiary/aromatic N) is 1. The quantitative estimate of drug-likeness (QED) is 0.279. The molecule has 7 nitrogen and oxygen atoms in total. The highest BCUT2D eigenvalue weighted by Gasteiger charge is 2.56. The first-order chi connectivity index (χ1) is 14.9. The molecule has 6 atom stereocenters. The lowest BCUT2D eigenvalue weighted by molar-refractivity contribution is -0.155. The average molecular weight is 437 g/mol. The molecule has 0 radical (unpaired) electrons. The van der Waals surface area contributed by atoms with E-state index in [0.29, 0.717) is 6.54 Å². The van der Waals surface area contributed by atoms with E-state index < -0.39 is 17.9 Å². The molecule has 1 fully saturated rings. The number of unbranched alkanes of at least 4 members (excludes halogenated alkanes) is 3. The summed E-state index contributed by atoms with van der Waals surface area (Å²) in [5.41, 5.74) is 0. The van der Waals surface area contributed by atoms with Crippen molar-refractivity contribution in [3.8, 4) is 0 Å². The Morgan fingerprint density at radius 3 is 2.55 bits per heavy atom. The summed E-state index contributed by atoms with van der Waals surface area (Å²) in [5, 5.41) is 12.1. The van der Waals surface area contributed by atoms with Crippen LogP contribution in [-0.2, 0) is 19.1 Å². The molecule has 2 aliphatic rings. The number of aliphatic hydroxyl groups is 1. The van der Waals surface area contributed by atoms with E-state index in [0.717, 1.165) is 38.5 Å². The standard InChI is InChI=1S/C24H40N2O5/c1-5-11-17(4)25-22(28)21-18-13-12-16(3)19(24(30)31-6-2)20(18)23(29)26(21)14-9-7-8-10-15-27/h12-13,16-21,27H,5-11,14-15H2,1-4H3,(H,25,28)/t16-,17?,18+,19-,20+,21+/m1/s1. The number of likely N-dealkylation sites (tertiary alicyclic amines) is 1. The zero-order chi connectivity index (χ0) is 23.0. The number of rotatable bonds is 12. The zero-order valence-corrected chi connectivity index (χ0v) is 19.5. The summed E-state index contributed by atoms with van der Waals surface area (Å²) >= 11 is 0. The Kier molecular flexibility index (Phi) is 10.0. The molecule has 1 aliphatic heterocycles. The molecule has 1 aliphatic carbocycles. The third kappa shape index (κ3) is 6.09. The molecule has 0 aromatic carbocycles. The average Bonchev–Trinajstić information content (AvgIpc) is 3.00. The highest BCUT2D eigenvalue weighted by molar-refractivity contribution is 5.96. The first kappa shape index (κ1) is 25.4. The number of hydrogen-bond acceptors (Lipinski definition) is 5. The lowest BCUT2D eigenvalue weighted by Gasteiger charge is -2.32. The zero-order valence-electron chi connectivity index (χ0n) is 19.5. The predicted molar refractivity (Wildman–Crippen MR) is 119 cm³/mol. The van der Waals surface area contributed by atoms with Gasteiger partial charge in [0.25, 0.3) is 0 Å². The first-order valence-corrected chi connectivity index (χ1v) is 11.9. The summed E-state index contributed by atoms with van der Waals surface area (Å²) in [6.45, 7) is 8.66. The maximum absolute atomic E-state index is 13.5. The molecular formula is C24H40N2O5. The fourth-order valence-electron chi connectivity index (χ4n) is 5.01. The van der Waals surface area contributed by atoms with E-state index in [9.17, 15) is 14.4 Å². The number of aliphatic hydroxyl groups excluding tert-OH is 1. The predicted octanol–water partition coefficient (Wildman–Crippen LogP) is 2.67. The Balaban J connectivity index is 2.27. The molecule has 0 bridgehead atoms. The molecule has 2 N–H and O–H groups in total. The second-order valence-electron chi connectivity index (χ2n) is 8.94. The number of nitrogens with one attached hydrogen (secondary N) is 1. The molecule has 0 saturated carbocycles. The molecule has 0 aromatic heterocycles. The van der Waals surface area contributed by atoms with Gasteiger partial charge in [-0.3, -0.25) is 14.4 Å². The van der Waals surface area contributed by atoms with Gasteiger partial charge in [-0.1, -0.05) is 45.3 Å². The molecule has 0 aromatic rings. The summed E-state index contributed by atoms with van der Waals surface area (Å²) in [6, 6.07) is -0.569. The van der Waals surface area contributed by atoms with Gasteiger partial charge in [-0.2, -0.15) is 0 Å². The number of carbonyl (C=O) groups excluding carboxylic acids is 3. The van der Waals surface area contributed by atoms with Crippen LogP contribution in [0.3, 0.4) is 0 Å². The van der Waals surface area contributed by atoms with Gasteiger partial charge in [0.15, 0.2) is 0 Å². The minimum Gasteiger partial charge on any atom is -0.466 e. The number of allylic oxidation sites excluding steroid dienone is 1. The maximum Gasteiger partial charge on any atom is 0.310 e. The van der Waals surface area contributed by atoms with E-state index in [1.807, 2.05) is 26.0 Å². The molecule has 0 spiro atoms. The number of fused-ring (bicyclic) bond motifs is 1. The van der Waals surface area contributed by atoms with Crippen LogP contribution in [0.1, 0.15) is 66.2 Å². The van der Waals surface area contributed by atoms with E-state index in [4.69, 9.17) is 9.84 Å². The van der Waals surface area contributed by atoms with Gasteiger partial charge in [0, 0.05) is 25.1 Å². The summed E-state index contributed by atoms with van der Waals surface area (Å²) in [4.78, 5) is 41.2. The largest absolute Gasteiger partial charge is 0.466 e. The van der Waals surface area contributed by atoms with E-state index in [1.54, 1.807) is 11.8 Å². The van der Waals surface area contributed by atoms with Crippen molar-refractivity contribution in [3.63, 3.8) is 0 Å². The fourth-order valence-corrected chi connectivity index (χ4v) is 5.01. The Morgan fingerprint density at radius 2 is 1.90 bits per heavy atom. The second kappa shape index (κ2) is 12.2. The van der Waals surface area contributed by atoms with Gasteiger partial charge in [-0.25, -0.2) is 0 Å². The number of ether oxygens (including phenoxy) is 1. The Hall–Kier alpha value is -1.89. The van der Waals surface area contributed by atoms with Gasteiger partial charge < -0.3 is 20.1 Å². The number of hydrogen-bond donors (Lipinski definition) is 2. The van der Waals surface area contributed by atoms with Crippen molar-refractivity contribution < 1.29 is 24.2 Å². The van der Waals surface area contributed by atoms with E-state index >= 15 is 0 Å². The molecule has 1 unspecified atom stereocenters. The highest BCUT2D eigenvalue weighted by Crippen LogP contribution is 2.44. The molecule has 2 rings (SSSR count). The third-order valence-electron chi connectivity index (χ3n) is 6.52. The number of amides is 2. The lowest BCUT2D eigenvalue weighted by Crippen LogP contribution is -2.49. The van der Waals surface area contributed by atoms with Crippen molar-refractivity contribution in [3.05, 3.63) is 12.2 Å². The van der Waals surface area contributed by atoms with Crippen LogP contribution < -0.4 is 5.32 Å². The summed E-state index contributed by atoms with van der Waals surface area (Å²) < 4.78 is 5.29. The first-order valence-electron chi connectivity index (χ1n) is 11.9. The third-order valence-corrected chi connectivity index (χ3v) is 6.52. The molecular weight excluding hydrogens is 396 g/mol. The van der Waals surface area contributed by atoms with Gasteiger partial charge in [0.1, 0.15) is 6.04 Å². The van der Waals surface area contributed by atoms with Gasteiger partial charge in [0.05, 0.1) is 18.4 Å². The van der Waals surface area contributed by atoms with Crippen molar-refractivity contribution in [2.24, 2.45) is 23.7 Å². The Labute approximate surface area is 186 Å². The smallest absolute Gasteiger partial charge is 0.310 e. The van der Waals surface area contributed by atoms with Crippen LogP contribution in [0.5, 0.6) is 0 Å². The molecule has 1 heterocycles. The normalized spacial score (nSPS) is 28.4.